The first kappa shape index (κ1) is 23.3. The van der Waals surface area contributed by atoms with Crippen molar-refractivity contribution in [2.24, 2.45) is 0 Å². The van der Waals surface area contributed by atoms with Crippen LogP contribution < -0.4 is 9.50 Å². The minimum atomic E-state index is -4.07. The number of para-hydroxylation sites is 1. The fourth-order valence-corrected chi connectivity index (χ4v) is 3.92. The largest absolute Gasteiger partial charge is 0.379 e. The van der Waals surface area contributed by atoms with Crippen molar-refractivity contribution in [1.82, 2.24) is 4.90 Å². The Bertz CT molecular complexity index is 1130. The van der Waals surface area contributed by atoms with Crippen molar-refractivity contribution >= 4 is 21.8 Å². The number of carbonyl (C=O) groups excluding carboxylic acids is 1. The monoisotopic (exact) mass is 456 g/mol. The summed E-state index contributed by atoms with van der Waals surface area (Å²) in [5.41, 5.74) is 1.53. The first-order valence-corrected chi connectivity index (χ1v) is 11.6. The Kier molecular flexibility index (Phi) is 7.48. The fourth-order valence-electron chi connectivity index (χ4n) is 2.99. The van der Waals surface area contributed by atoms with Crippen molar-refractivity contribution in [3.63, 3.8) is 0 Å². The molecule has 0 bridgehead atoms. The van der Waals surface area contributed by atoms with Crippen molar-refractivity contribution in [3.8, 4) is 5.75 Å². The number of amides is 2. The number of benzene rings is 3. The van der Waals surface area contributed by atoms with Crippen LogP contribution in [-0.4, -0.2) is 25.4 Å². The predicted molar refractivity (Wildman–Crippen MR) is 121 cm³/mol. The van der Waals surface area contributed by atoms with Gasteiger partial charge in [-0.3, -0.25) is 0 Å². The number of anilines is 1. The predicted octanol–water partition coefficient (Wildman–Crippen LogP) is 5.43. The van der Waals surface area contributed by atoms with E-state index in [9.17, 15) is 17.6 Å². The van der Waals surface area contributed by atoms with Gasteiger partial charge in [0.05, 0.1) is 0 Å². The zero-order valence-electron chi connectivity index (χ0n) is 17.9. The second-order valence-electron chi connectivity index (χ2n) is 7.32. The van der Waals surface area contributed by atoms with Gasteiger partial charge in [0.1, 0.15) is 16.5 Å². The average molecular weight is 457 g/mol. The molecule has 1 unspecified atom stereocenters. The summed E-state index contributed by atoms with van der Waals surface area (Å²) in [7, 11) is -4.07. The van der Waals surface area contributed by atoms with E-state index in [0.717, 1.165) is 36.2 Å². The molecule has 32 heavy (non-hydrogen) atoms. The molecule has 0 heterocycles. The van der Waals surface area contributed by atoms with Gasteiger partial charge in [0.2, 0.25) is 0 Å². The number of rotatable bonds is 8. The lowest BCUT2D eigenvalue weighted by Gasteiger charge is -2.29. The number of nitrogens with one attached hydrogen (secondary N) is 1. The van der Waals surface area contributed by atoms with Crippen molar-refractivity contribution < 1.29 is 21.8 Å². The molecule has 0 aliphatic rings. The molecule has 3 rings (SSSR count). The molecular formula is C24H25FN2O4S. The molecule has 0 radical (unpaired) electrons. The van der Waals surface area contributed by atoms with Crippen molar-refractivity contribution in [1.29, 1.82) is 0 Å². The number of hydrogen-bond acceptors (Lipinski definition) is 4. The molecule has 3 aromatic carbocycles. The highest BCUT2D eigenvalue weighted by Gasteiger charge is 2.20. The van der Waals surface area contributed by atoms with Crippen molar-refractivity contribution in [3.05, 3.63) is 90.2 Å². The van der Waals surface area contributed by atoms with Gasteiger partial charge < -0.3 is 14.4 Å². The van der Waals surface area contributed by atoms with Crippen LogP contribution in [0.25, 0.3) is 0 Å². The topological polar surface area (TPSA) is 75.7 Å². The number of hydrogen-bond donors (Lipinski definition) is 1. The molecular weight excluding hydrogens is 431 g/mol. The third-order valence-corrected chi connectivity index (χ3v) is 6.25. The van der Waals surface area contributed by atoms with E-state index in [1.54, 1.807) is 17.0 Å². The van der Waals surface area contributed by atoms with E-state index < -0.39 is 15.9 Å². The average Bonchev–Trinajstić information content (AvgIpc) is 2.78. The molecule has 0 spiro atoms. The highest BCUT2D eigenvalue weighted by molar-refractivity contribution is 7.87. The Morgan fingerprint density at radius 1 is 1.00 bits per heavy atom. The second-order valence-corrected chi connectivity index (χ2v) is 8.86. The maximum absolute atomic E-state index is 13.0. The van der Waals surface area contributed by atoms with Crippen LogP contribution in [0.5, 0.6) is 5.75 Å². The standard InChI is InChI=1S/C24H25FN2O4S/c1-3-18(2)27(24(28)26-21-7-5-4-6-8-21)17-19-9-13-22(14-10-19)31-32(29,30)23-15-11-20(25)12-16-23/h4-16,18H,3,17H2,1-2H3,(H,26,28). The van der Waals surface area contributed by atoms with Crippen molar-refractivity contribution in [2.45, 2.75) is 37.8 Å². The van der Waals surface area contributed by atoms with Gasteiger partial charge >= 0.3 is 16.1 Å². The van der Waals surface area contributed by atoms with Crippen LogP contribution in [0, 0.1) is 5.82 Å². The van der Waals surface area contributed by atoms with Crippen LogP contribution in [0.2, 0.25) is 0 Å². The van der Waals surface area contributed by atoms with Gasteiger partial charge in [-0.2, -0.15) is 8.42 Å². The molecule has 168 valence electrons. The molecule has 6 nitrogen and oxygen atoms in total. The SMILES string of the molecule is CCC(C)N(Cc1ccc(OS(=O)(=O)c2ccc(F)cc2)cc1)C(=O)Nc1ccccc1. The molecule has 0 aliphatic carbocycles. The quantitative estimate of drug-likeness (QED) is 0.459. The van der Waals surface area contributed by atoms with E-state index in [1.165, 1.54) is 12.1 Å². The highest BCUT2D eigenvalue weighted by Crippen LogP contribution is 2.21. The zero-order valence-corrected chi connectivity index (χ0v) is 18.7. The Morgan fingerprint density at radius 3 is 2.22 bits per heavy atom. The summed E-state index contributed by atoms with van der Waals surface area (Å²) in [6.45, 7) is 4.32. The maximum atomic E-state index is 13.0. The molecule has 0 aromatic heterocycles. The highest BCUT2D eigenvalue weighted by atomic mass is 32.2. The van der Waals surface area contributed by atoms with E-state index >= 15 is 0 Å². The van der Waals surface area contributed by atoms with Gasteiger partial charge in [0, 0.05) is 18.3 Å². The molecule has 0 aliphatic heterocycles. The van der Waals surface area contributed by atoms with Gasteiger partial charge in [-0.15, -0.1) is 0 Å². The van der Waals surface area contributed by atoms with Crippen LogP contribution in [0.15, 0.2) is 83.8 Å². The summed E-state index contributed by atoms with van der Waals surface area (Å²) in [4.78, 5) is 14.4. The fraction of sp³-hybridized carbons (Fsp3) is 0.208. The zero-order chi connectivity index (χ0) is 23.1. The molecule has 0 saturated heterocycles. The number of carbonyl (C=O) groups is 1. The number of urea groups is 1. The van der Waals surface area contributed by atoms with Gasteiger partial charge in [-0.1, -0.05) is 37.3 Å². The smallest absolute Gasteiger partial charge is 0.339 e. The molecule has 8 heteroatoms. The van der Waals surface area contributed by atoms with Gasteiger partial charge in [0.15, 0.2) is 0 Å². The maximum Gasteiger partial charge on any atom is 0.339 e. The van der Waals surface area contributed by atoms with Crippen LogP contribution in [0.1, 0.15) is 25.8 Å². The Balaban J connectivity index is 1.70. The molecule has 3 aromatic rings. The lowest BCUT2D eigenvalue weighted by Crippen LogP contribution is -2.40. The van der Waals surface area contributed by atoms with E-state index in [-0.39, 0.29) is 22.7 Å². The van der Waals surface area contributed by atoms with Crippen LogP contribution in [0.3, 0.4) is 0 Å². The second kappa shape index (κ2) is 10.3. The molecule has 2 amide bonds. The minimum Gasteiger partial charge on any atom is -0.379 e. The van der Waals surface area contributed by atoms with Gasteiger partial charge in [-0.25, -0.2) is 9.18 Å². The normalized spacial score (nSPS) is 12.1. The molecule has 0 saturated carbocycles. The van der Waals surface area contributed by atoms with E-state index in [0.29, 0.717) is 12.2 Å². The Labute approximate surface area is 187 Å². The number of nitrogens with zero attached hydrogens (tertiary/aromatic N) is 1. The van der Waals surface area contributed by atoms with Crippen LogP contribution in [-0.2, 0) is 16.7 Å². The summed E-state index contributed by atoms with van der Waals surface area (Å²) in [6, 6.07) is 19.9. The van der Waals surface area contributed by atoms with E-state index in [2.05, 4.69) is 5.32 Å². The Morgan fingerprint density at radius 2 is 1.62 bits per heavy atom. The molecule has 0 fully saturated rings. The third-order valence-electron chi connectivity index (χ3n) is 4.99. The summed E-state index contributed by atoms with van der Waals surface area (Å²) < 4.78 is 42.9. The third kappa shape index (κ3) is 6.07. The lowest BCUT2D eigenvalue weighted by molar-refractivity contribution is 0.187. The minimum absolute atomic E-state index is 0.00603. The van der Waals surface area contributed by atoms with Gasteiger partial charge in [-0.05, 0) is 67.4 Å². The summed E-state index contributed by atoms with van der Waals surface area (Å²) in [5.74, 6) is -0.405. The van der Waals surface area contributed by atoms with Crippen LogP contribution >= 0.6 is 0 Å². The summed E-state index contributed by atoms with van der Waals surface area (Å²) >= 11 is 0. The summed E-state index contributed by atoms with van der Waals surface area (Å²) in [6.07, 6.45) is 0.777. The summed E-state index contributed by atoms with van der Waals surface area (Å²) in [5, 5.41) is 2.90. The first-order chi connectivity index (χ1) is 15.3. The van der Waals surface area contributed by atoms with E-state index in [4.69, 9.17) is 4.18 Å². The molecule has 1 N–H and O–H groups in total. The number of halogens is 1. The molecule has 1 atom stereocenters. The van der Waals surface area contributed by atoms with E-state index in [1.807, 2.05) is 44.2 Å². The van der Waals surface area contributed by atoms with Crippen molar-refractivity contribution in [2.75, 3.05) is 5.32 Å². The first-order valence-electron chi connectivity index (χ1n) is 10.2. The lowest BCUT2D eigenvalue weighted by atomic mass is 10.1. The van der Waals surface area contributed by atoms with Crippen LogP contribution in [0.4, 0.5) is 14.9 Å². The van der Waals surface area contributed by atoms with Gasteiger partial charge in [0.25, 0.3) is 0 Å². The Hall–Kier alpha value is -3.39.